The van der Waals surface area contributed by atoms with Gasteiger partial charge in [0.2, 0.25) is 0 Å². The lowest BCUT2D eigenvalue weighted by atomic mass is 10.1. The molecular formula is C21H22Cl2N4S. The monoisotopic (exact) mass is 432 g/mol. The fourth-order valence-corrected chi connectivity index (χ4v) is 3.75. The van der Waals surface area contributed by atoms with Gasteiger partial charge in [-0.3, -0.25) is 4.68 Å². The van der Waals surface area contributed by atoms with E-state index in [2.05, 4.69) is 35.6 Å². The van der Waals surface area contributed by atoms with Crippen molar-refractivity contribution >= 4 is 51.9 Å². The van der Waals surface area contributed by atoms with Crippen LogP contribution in [0.2, 0.25) is 10.0 Å². The lowest BCUT2D eigenvalue weighted by molar-refractivity contribution is 0.659. The first-order valence-electron chi connectivity index (χ1n) is 8.89. The zero-order valence-corrected chi connectivity index (χ0v) is 18.6. The molecule has 3 aromatic rings. The number of hydrogen-bond donors (Lipinski definition) is 2. The van der Waals surface area contributed by atoms with E-state index in [4.69, 9.17) is 35.4 Å². The molecule has 0 radical (unpaired) electrons. The third kappa shape index (κ3) is 4.32. The average molecular weight is 433 g/mol. The fraction of sp³-hybridized carbons (Fsp3) is 0.238. The summed E-state index contributed by atoms with van der Waals surface area (Å²) in [6.45, 7) is 8.58. The number of rotatable bonds is 4. The second-order valence-corrected chi connectivity index (χ2v) is 7.95. The number of halogens is 2. The van der Waals surface area contributed by atoms with Gasteiger partial charge in [0.1, 0.15) is 0 Å². The van der Waals surface area contributed by atoms with Crippen LogP contribution < -0.4 is 10.6 Å². The summed E-state index contributed by atoms with van der Waals surface area (Å²) in [6.07, 6.45) is 0. The molecule has 3 rings (SSSR count). The summed E-state index contributed by atoms with van der Waals surface area (Å²) in [7, 11) is 0. The van der Waals surface area contributed by atoms with Crippen LogP contribution in [0.5, 0.6) is 0 Å². The molecule has 0 saturated heterocycles. The Morgan fingerprint density at radius 1 is 1.00 bits per heavy atom. The minimum absolute atomic E-state index is 0.490. The molecule has 1 heterocycles. The minimum Gasteiger partial charge on any atom is -0.332 e. The van der Waals surface area contributed by atoms with Crippen molar-refractivity contribution < 1.29 is 0 Å². The normalized spacial score (nSPS) is 10.8. The first-order chi connectivity index (χ1) is 13.3. The highest BCUT2D eigenvalue weighted by Gasteiger charge is 2.15. The number of aromatic nitrogens is 2. The van der Waals surface area contributed by atoms with Crippen LogP contribution in [0.15, 0.2) is 36.4 Å². The molecule has 0 aliphatic heterocycles. The van der Waals surface area contributed by atoms with Gasteiger partial charge in [-0.15, -0.1) is 0 Å². The number of nitrogens with one attached hydrogen (secondary N) is 2. The van der Waals surface area contributed by atoms with Crippen LogP contribution in [-0.4, -0.2) is 14.9 Å². The Labute approximate surface area is 180 Å². The summed E-state index contributed by atoms with van der Waals surface area (Å²) in [6, 6.07) is 11.6. The number of thiocarbonyl (C=S) groups is 1. The Hall–Kier alpha value is -2.08. The van der Waals surface area contributed by atoms with E-state index in [9.17, 15) is 0 Å². The van der Waals surface area contributed by atoms with Crippen LogP contribution in [-0.2, 0) is 6.54 Å². The summed E-state index contributed by atoms with van der Waals surface area (Å²) in [5.74, 6) is 0. The van der Waals surface area contributed by atoms with Gasteiger partial charge in [0.15, 0.2) is 5.11 Å². The van der Waals surface area contributed by atoms with E-state index in [-0.39, 0.29) is 0 Å². The fourth-order valence-electron chi connectivity index (χ4n) is 3.02. The van der Waals surface area contributed by atoms with Gasteiger partial charge < -0.3 is 10.6 Å². The Morgan fingerprint density at radius 3 is 2.32 bits per heavy atom. The molecule has 0 spiro atoms. The molecule has 0 fully saturated rings. The maximum Gasteiger partial charge on any atom is 0.175 e. The second kappa shape index (κ2) is 8.52. The van der Waals surface area contributed by atoms with E-state index in [0.29, 0.717) is 21.7 Å². The summed E-state index contributed by atoms with van der Waals surface area (Å²) >= 11 is 18.1. The number of hydrogen-bond acceptors (Lipinski definition) is 2. The third-order valence-corrected chi connectivity index (χ3v) is 5.75. The summed E-state index contributed by atoms with van der Waals surface area (Å²) in [4.78, 5) is 0. The molecule has 0 saturated carbocycles. The van der Waals surface area contributed by atoms with Gasteiger partial charge in [-0.2, -0.15) is 5.10 Å². The van der Waals surface area contributed by atoms with Crippen LogP contribution in [0.4, 0.5) is 11.4 Å². The first kappa shape index (κ1) is 20.6. The zero-order valence-electron chi connectivity index (χ0n) is 16.2. The Morgan fingerprint density at radius 2 is 1.64 bits per heavy atom. The van der Waals surface area contributed by atoms with Crippen molar-refractivity contribution in [2.45, 2.75) is 34.2 Å². The van der Waals surface area contributed by atoms with Crippen LogP contribution in [0.3, 0.4) is 0 Å². The molecule has 2 N–H and O–H groups in total. The Kier molecular flexibility index (Phi) is 6.28. The van der Waals surface area contributed by atoms with E-state index in [0.717, 1.165) is 28.3 Å². The standard InChI is InChI=1S/C21H22Cl2N4S/c1-12-7-5-10-19(13(12)2)24-21(28)25-20-14(3)26-27(15(20)4)11-16-17(22)8-6-9-18(16)23/h5-10H,11H2,1-4H3,(H2,24,25,28). The number of benzene rings is 2. The predicted octanol–water partition coefficient (Wildman–Crippen LogP) is 6.28. The summed E-state index contributed by atoms with van der Waals surface area (Å²) in [5, 5.41) is 13.0. The topological polar surface area (TPSA) is 41.9 Å². The molecule has 2 aromatic carbocycles. The van der Waals surface area contributed by atoms with E-state index >= 15 is 0 Å². The van der Waals surface area contributed by atoms with Gasteiger partial charge in [0.25, 0.3) is 0 Å². The van der Waals surface area contributed by atoms with E-state index in [1.807, 2.05) is 48.9 Å². The molecule has 28 heavy (non-hydrogen) atoms. The average Bonchev–Trinajstić information content (AvgIpc) is 2.89. The van der Waals surface area contributed by atoms with Gasteiger partial charge in [0.05, 0.1) is 23.6 Å². The highest BCUT2D eigenvalue weighted by Crippen LogP contribution is 2.27. The number of anilines is 2. The summed E-state index contributed by atoms with van der Waals surface area (Å²) < 4.78 is 1.88. The molecule has 0 aliphatic rings. The van der Waals surface area contributed by atoms with Crippen LogP contribution in [0.25, 0.3) is 0 Å². The van der Waals surface area contributed by atoms with Gasteiger partial charge in [-0.05, 0) is 69.2 Å². The quantitative estimate of drug-likeness (QED) is 0.475. The van der Waals surface area contributed by atoms with Gasteiger partial charge in [0, 0.05) is 21.3 Å². The molecule has 1 aromatic heterocycles. The predicted molar refractivity (Wildman–Crippen MR) is 123 cm³/mol. The molecule has 0 bridgehead atoms. The Bertz CT molecular complexity index is 1020. The van der Waals surface area contributed by atoms with Crippen molar-refractivity contribution in [2.75, 3.05) is 10.6 Å². The molecule has 146 valence electrons. The lowest BCUT2D eigenvalue weighted by Gasteiger charge is -2.14. The van der Waals surface area contributed by atoms with Crippen molar-refractivity contribution in [1.82, 2.24) is 9.78 Å². The molecule has 0 unspecified atom stereocenters. The van der Waals surface area contributed by atoms with Crippen molar-refractivity contribution in [3.05, 3.63) is 74.5 Å². The highest BCUT2D eigenvalue weighted by molar-refractivity contribution is 7.80. The van der Waals surface area contributed by atoms with Gasteiger partial charge in [-0.25, -0.2) is 0 Å². The summed E-state index contributed by atoms with van der Waals surface area (Å²) in [5.41, 5.74) is 6.91. The van der Waals surface area contributed by atoms with Crippen molar-refractivity contribution in [3.63, 3.8) is 0 Å². The molecule has 0 aliphatic carbocycles. The van der Waals surface area contributed by atoms with Gasteiger partial charge in [-0.1, -0.05) is 41.4 Å². The SMILES string of the molecule is Cc1cccc(NC(=S)Nc2c(C)nn(Cc3c(Cl)cccc3Cl)c2C)c1C. The van der Waals surface area contributed by atoms with E-state index in [1.54, 1.807) is 0 Å². The van der Waals surface area contributed by atoms with Crippen molar-refractivity contribution in [3.8, 4) is 0 Å². The minimum atomic E-state index is 0.490. The number of nitrogens with zero attached hydrogens (tertiary/aromatic N) is 2. The smallest absolute Gasteiger partial charge is 0.175 e. The highest BCUT2D eigenvalue weighted by atomic mass is 35.5. The maximum atomic E-state index is 6.31. The van der Waals surface area contributed by atoms with Crippen molar-refractivity contribution in [1.29, 1.82) is 0 Å². The van der Waals surface area contributed by atoms with E-state index in [1.165, 1.54) is 11.1 Å². The van der Waals surface area contributed by atoms with Crippen LogP contribution >= 0.6 is 35.4 Å². The third-order valence-electron chi connectivity index (χ3n) is 4.84. The maximum absolute atomic E-state index is 6.31. The largest absolute Gasteiger partial charge is 0.332 e. The molecule has 7 heteroatoms. The Balaban J connectivity index is 1.80. The molecule has 4 nitrogen and oxygen atoms in total. The van der Waals surface area contributed by atoms with Crippen molar-refractivity contribution in [2.24, 2.45) is 0 Å². The van der Waals surface area contributed by atoms with Crippen LogP contribution in [0, 0.1) is 27.7 Å². The second-order valence-electron chi connectivity index (χ2n) is 6.73. The molecule has 0 atom stereocenters. The molecular weight excluding hydrogens is 411 g/mol. The molecule has 0 amide bonds. The number of aryl methyl sites for hydroxylation is 2. The first-order valence-corrected chi connectivity index (χ1v) is 10.1. The zero-order chi connectivity index (χ0) is 20.4. The van der Waals surface area contributed by atoms with Crippen LogP contribution in [0.1, 0.15) is 28.1 Å². The lowest BCUT2D eigenvalue weighted by Crippen LogP contribution is -2.20. The van der Waals surface area contributed by atoms with Gasteiger partial charge >= 0.3 is 0 Å². The van der Waals surface area contributed by atoms with E-state index < -0.39 is 0 Å².